The number of ketones is 2. The average molecular weight is 517 g/mol. The van der Waals surface area contributed by atoms with Gasteiger partial charge in [-0.05, 0) is 45.4 Å². The molecular weight excluding hydrogens is 484 g/mol. The van der Waals surface area contributed by atoms with Gasteiger partial charge in [0.05, 0.1) is 32.8 Å². The lowest BCUT2D eigenvalue weighted by molar-refractivity contribution is -0.144. The van der Waals surface area contributed by atoms with Gasteiger partial charge >= 0.3 is 5.97 Å². The van der Waals surface area contributed by atoms with Gasteiger partial charge in [-0.1, -0.05) is 5.16 Å². The van der Waals surface area contributed by atoms with Crippen molar-refractivity contribution in [1.82, 2.24) is 4.57 Å². The summed E-state index contributed by atoms with van der Waals surface area (Å²) in [6.07, 6.45) is 1.95. The van der Waals surface area contributed by atoms with E-state index >= 15 is 0 Å². The summed E-state index contributed by atoms with van der Waals surface area (Å²) in [6, 6.07) is 4.94. The number of fused-ring (bicyclic) bond motifs is 1. The Labute approximate surface area is 214 Å². The fourth-order valence-electron chi connectivity index (χ4n) is 3.69. The van der Waals surface area contributed by atoms with E-state index < -0.39 is 23.1 Å². The molecule has 0 spiro atoms. The van der Waals surface area contributed by atoms with Gasteiger partial charge in [0.25, 0.3) is 0 Å². The molecule has 0 saturated carbocycles. The molecule has 11 nitrogen and oxygen atoms in total. The van der Waals surface area contributed by atoms with Gasteiger partial charge in [-0.3, -0.25) is 9.59 Å². The van der Waals surface area contributed by atoms with E-state index in [0.29, 0.717) is 38.2 Å². The molecule has 2 aliphatic heterocycles. The molecule has 2 aromatic rings. The van der Waals surface area contributed by atoms with Crippen molar-refractivity contribution in [3.63, 3.8) is 0 Å². The second kappa shape index (κ2) is 11.6. The maximum atomic E-state index is 13.6. The Balaban J connectivity index is 1.55. The minimum absolute atomic E-state index is 0.0215. The first-order chi connectivity index (χ1) is 17.7. The zero-order chi connectivity index (χ0) is 26.6. The molecule has 3 heterocycles. The lowest BCUT2D eigenvalue weighted by atomic mass is 9.95. The quantitative estimate of drug-likeness (QED) is 0.0942. The molecule has 0 bridgehead atoms. The van der Waals surface area contributed by atoms with Crippen LogP contribution in [0.2, 0.25) is 0 Å². The van der Waals surface area contributed by atoms with Crippen molar-refractivity contribution in [2.75, 3.05) is 33.0 Å². The third kappa shape index (κ3) is 7.30. The highest BCUT2D eigenvalue weighted by atomic mass is 16.8. The van der Waals surface area contributed by atoms with Crippen molar-refractivity contribution in [1.29, 1.82) is 0 Å². The number of epoxide rings is 2. The lowest BCUT2D eigenvalue weighted by Gasteiger charge is -2.15. The minimum atomic E-state index is -1.57. The van der Waals surface area contributed by atoms with E-state index in [1.807, 2.05) is 11.5 Å². The molecule has 2 fully saturated rings. The molecule has 0 aliphatic carbocycles. The second-order valence-electron chi connectivity index (χ2n) is 9.49. The molecule has 37 heavy (non-hydrogen) atoms. The number of Topliss-reactive ketones (excluding diaryl/α,β-unsaturated/α-hetero) is 2. The highest BCUT2D eigenvalue weighted by Crippen LogP contribution is 2.26. The van der Waals surface area contributed by atoms with Crippen LogP contribution < -0.4 is 0 Å². The van der Waals surface area contributed by atoms with Crippen LogP contribution >= 0.6 is 0 Å². The fraction of sp³-hybridized carbons (Fsp3) is 0.538. The van der Waals surface area contributed by atoms with E-state index in [0.717, 1.165) is 5.52 Å². The summed E-state index contributed by atoms with van der Waals surface area (Å²) in [4.78, 5) is 43.5. The highest BCUT2D eigenvalue weighted by Gasteiger charge is 2.28. The number of aromatic nitrogens is 1. The van der Waals surface area contributed by atoms with E-state index in [1.54, 1.807) is 24.4 Å². The summed E-state index contributed by atoms with van der Waals surface area (Å²) in [5.74, 6) is -1.57. The zero-order valence-corrected chi connectivity index (χ0v) is 21.2. The van der Waals surface area contributed by atoms with Crippen LogP contribution in [0.25, 0.3) is 10.9 Å². The number of benzene rings is 1. The van der Waals surface area contributed by atoms with Crippen molar-refractivity contribution in [3.8, 4) is 0 Å². The van der Waals surface area contributed by atoms with Crippen LogP contribution in [0.15, 0.2) is 29.6 Å². The number of carbonyl (C=O) groups is 3. The van der Waals surface area contributed by atoms with Gasteiger partial charge in [-0.25, -0.2) is 4.79 Å². The molecule has 1 aromatic heterocycles. The fourth-order valence-corrected chi connectivity index (χ4v) is 3.69. The van der Waals surface area contributed by atoms with Gasteiger partial charge in [0.1, 0.15) is 18.3 Å². The summed E-state index contributed by atoms with van der Waals surface area (Å²) >= 11 is 0. The smallest absolute Gasteiger partial charge is 0.335 e. The maximum Gasteiger partial charge on any atom is 0.335 e. The number of carbonyl (C=O) groups excluding carboxylic acids is 3. The molecule has 0 radical (unpaired) electrons. The van der Waals surface area contributed by atoms with Crippen LogP contribution in [0.4, 0.5) is 0 Å². The molecule has 2 unspecified atom stereocenters. The van der Waals surface area contributed by atoms with Crippen LogP contribution in [0.1, 0.15) is 54.3 Å². The van der Waals surface area contributed by atoms with Crippen molar-refractivity contribution in [2.45, 2.75) is 58.2 Å². The lowest BCUT2D eigenvalue weighted by Crippen LogP contribution is -2.31. The average Bonchev–Trinajstić information content (AvgIpc) is 3.80. The van der Waals surface area contributed by atoms with Crippen LogP contribution in [0, 0.1) is 0 Å². The summed E-state index contributed by atoms with van der Waals surface area (Å²) in [6.45, 7) is 6.92. The molecule has 2 saturated heterocycles. The second-order valence-corrected chi connectivity index (χ2v) is 9.49. The van der Waals surface area contributed by atoms with Crippen molar-refractivity contribution in [2.24, 2.45) is 5.16 Å². The predicted molar refractivity (Wildman–Crippen MR) is 132 cm³/mol. The number of nitrogens with zero attached hydrogens (tertiary/aromatic N) is 2. The zero-order valence-electron chi connectivity index (χ0n) is 21.2. The van der Waals surface area contributed by atoms with Crippen molar-refractivity contribution in [3.05, 3.63) is 35.5 Å². The molecule has 200 valence electrons. The van der Waals surface area contributed by atoms with Gasteiger partial charge in [0, 0.05) is 34.8 Å². The maximum absolute atomic E-state index is 13.6. The van der Waals surface area contributed by atoms with Crippen LogP contribution in [-0.4, -0.2) is 84.0 Å². The van der Waals surface area contributed by atoms with Crippen molar-refractivity contribution >= 4 is 34.2 Å². The third-order valence-electron chi connectivity index (χ3n) is 5.88. The van der Waals surface area contributed by atoms with E-state index in [9.17, 15) is 19.5 Å². The monoisotopic (exact) mass is 516 g/mol. The standard InChI is InChI=1S/C26H32N2O9/c1-4-28-11-19(18-10-16(7-8-21(18)28)25(31)26(2,3)32)24(30)20(14-33-12-17-13-35-17)27-37-22(29)6-5-9-34-23-15-36-23/h7-8,10-11,17,23,32H,4-6,9,12-15H2,1-3H3/b27-20+. The number of oxime groups is 1. The first-order valence-electron chi connectivity index (χ1n) is 12.3. The minimum Gasteiger partial charge on any atom is -0.382 e. The molecule has 1 aromatic carbocycles. The van der Waals surface area contributed by atoms with E-state index in [1.165, 1.54) is 13.8 Å². The first-order valence-corrected chi connectivity index (χ1v) is 12.3. The molecular formula is C26H32N2O9. The molecule has 2 aliphatic rings. The molecule has 1 N–H and O–H groups in total. The van der Waals surface area contributed by atoms with Gasteiger partial charge < -0.3 is 33.5 Å². The normalized spacial score (nSPS) is 19.2. The Kier molecular flexibility index (Phi) is 8.50. The third-order valence-corrected chi connectivity index (χ3v) is 5.88. The number of rotatable bonds is 15. The van der Waals surface area contributed by atoms with Gasteiger partial charge in [0.15, 0.2) is 17.8 Å². The summed E-state index contributed by atoms with van der Waals surface area (Å²) < 4.78 is 22.8. The number of hydrogen-bond donors (Lipinski definition) is 1. The molecule has 0 amide bonds. The Bertz CT molecular complexity index is 1190. The molecule has 11 heteroatoms. The largest absolute Gasteiger partial charge is 0.382 e. The SMILES string of the molecule is CCn1cc(C(=O)/C(COCC2CO2)=N/OC(=O)CCCOC2CO2)c2cc(C(=O)C(C)(C)O)ccc21. The Morgan fingerprint density at radius 1 is 1.22 bits per heavy atom. The first kappa shape index (κ1) is 27.1. The van der Waals surface area contributed by atoms with E-state index in [-0.39, 0.29) is 48.9 Å². The predicted octanol–water partition coefficient (Wildman–Crippen LogP) is 2.27. The topological polar surface area (TPSA) is 141 Å². The van der Waals surface area contributed by atoms with E-state index in [4.69, 9.17) is 23.8 Å². The van der Waals surface area contributed by atoms with Gasteiger partial charge in [-0.15, -0.1) is 0 Å². The number of aryl methyl sites for hydroxylation is 1. The summed E-state index contributed by atoms with van der Waals surface area (Å²) in [7, 11) is 0. The van der Waals surface area contributed by atoms with E-state index in [2.05, 4.69) is 5.16 Å². The van der Waals surface area contributed by atoms with Crippen LogP contribution in [0.5, 0.6) is 0 Å². The molecule has 2 atom stereocenters. The van der Waals surface area contributed by atoms with Crippen LogP contribution in [0.3, 0.4) is 0 Å². The Morgan fingerprint density at radius 3 is 2.62 bits per heavy atom. The van der Waals surface area contributed by atoms with Crippen molar-refractivity contribution < 1.29 is 43.3 Å². The molecule has 4 rings (SSSR count). The number of hydrogen-bond acceptors (Lipinski definition) is 10. The Hall–Kier alpha value is -2.96. The Morgan fingerprint density at radius 2 is 1.97 bits per heavy atom. The number of ether oxygens (including phenoxy) is 4. The number of aliphatic hydroxyl groups is 1. The highest BCUT2D eigenvalue weighted by molar-refractivity contribution is 6.48. The van der Waals surface area contributed by atoms with Gasteiger partial charge in [0.2, 0.25) is 5.78 Å². The summed E-state index contributed by atoms with van der Waals surface area (Å²) in [5.41, 5.74) is -0.371. The van der Waals surface area contributed by atoms with Crippen LogP contribution in [-0.2, 0) is 35.1 Å². The summed E-state index contributed by atoms with van der Waals surface area (Å²) in [5, 5.41) is 14.5. The van der Waals surface area contributed by atoms with Gasteiger partial charge in [-0.2, -0.15) is 0 Å².